The van der Waals surface area contributed by atoms with E-state index in [-0.39, 0.29) is 0 Å². The maximum Gasteiger partial charge on any atom is 0.335 e. The molecule has 96 valence electrons. The number of rotatable bonds is 5. The number of aliphatic hydroxyl groups is 3. The highest BCUT2D eigenvalue weighted by molar-refractivity contribution is 5.83. The Morgan fingerprint density at radius 3 is 1.44 bits per heavy atom. The number of hydrogen-bond acceptors (Lipinski definition) is 6. The van der Waals surface area contributed by atoms with Gasteiger partial charge in [-0.15, -0.1) is 0 Å². The molecule has 0 aromatic carbocycles. The molecular formula is C8H17NO7. The van der Waals surface area contributed by atoms with Gasteiger partial charge in [0.05, 0.1) is 0 Å². The van der Waals surface area contributed by atoms with Crippen LogP contribution in [-0.4, -0.2) is 55.9 Å². The van der Waals surface area contributed by atoms with Crippen molar-refractivity contribution in [2.75, 3.05) is 0 Å². The van der Waals surface area contributed by atoms with Crippen LogP contribution in [0.3, 0.4) is 0 Å². The van der Waals surface area contributed by atoms with Crippen LogP contribution in [0.5, 0.6) is 0 Å². The molecule has 0 saturated heterocycles. The fraction of sp³-hybridized carbons (Fsp3) is 0.750. The standard InChI is InChI=1S/C4H11NO.C4H6O6/c1-2-3-4(5)6;5-1(3(7)8)2(6)4(9)10/h4,6H,2-3,5H2,1H3;1-2,5-6H,(H,7,8)(H,9,10). The third-order valence-electron chi connectivity index (χ3n) is 1.39. The van der Waals surface area contributed by atoms with Gasteiger partial charge in [-0.1, -0.05) is 13.3 Å². The van der Waals surface area contributed by atoms with Crippen molar-refractivity contribution in [3.05, 3.63) is 0 Å². The first-order chi connectivity index (χ1) is 7.23. The predicted molar refractivity (Wildman–Crippen MR) is 52.4 cm³/mol. The minimum Gasteiger partial charge on any atom is -0.479 e. The Kier molecular flexibility index (Phi) is 9.71. The van der Waals surface area contributed by atoms with E-state index in [1.807, 2.05) is 6.92 Å². The van der Waals surface area contributed by atoms with Crippen LogP contribution in [0.4, 0.5) is 0 Å². The summed E-state index contributed by atoms with van der Waals surface area (Å²) in [5.41, 5.74) is 4.96. The number of hydrogen-bond donors (Lipinski definition) is 6. The molecule has 0 fully saturated rings. The molecule has 0 aliphatic rings. The van der Waals surface area contributed by atoms with Gasteiger partial charge in [-0.25, -0.2) is 9.59 Å². The summed E-state index contributed by atoms with van der Waals surface area (Å²) in [7, 11) is 0. The number of aliphatic carboxylic acids is 2. The van der Waals surface area contributed by atoms with Crippen LogP contribution >= 0.6 is 0 Å². The van der Waals surface area contributed by atoms with Crippen molar-refractivity contribution in [1.29, 1.82) is 0 Å². The minimum absolute atomic E-state index is 0.602. The molecule has 0 amide bonds. The molecule has 16 heavy (non-hydrogen) atoms. The molecular weight excluding hydrogens is 222 g/mol. The molecule has 8 heteroatoms. The van der Waals surface area contributed by atoms with Crippen LogP contribution in [0.25, 0.3) is 0 Å². The molecule has 0 aromatic heterocycles. The topological polar surface area (TPSA) is 161 Å². The average molecular weight is 239 g/mol. The second-order valence-electron chi connectivity index (χ2n) is 2.92. The molecule has 7 N–H and O–H groups in total. The van der Waals surface area contributed by atoms with Crippen LogP contribution in [-0.2, 0) is 9.59 Å². The molecule has 0 spiro atoms. The zero-order valence-corrected chi connectivity index (χ0v) is 8.78. The molecule has 3 unspecified atom stereocenters. The first-order valence-corrected chi connectivity index (χ1v) is 4.49. The monoisotopic (exact) mass is 239 g/mol. The van der Waals surface area contributed by atoms with Gasteiger partial charge in [0.25, 0.3) is 0 Å². The van der Waals surface area contributed by atoms with Crippen molar-refractivity contribution in [3.8, 4) is 0 Å². The van der Waals surface area contributed by atoms with E-state index in [0.29, 0.717) is 6.42 Å². The lowest BCUT2D eigenvalue weighted by molar-refractivity contribution is -0.165. The first-order valence-electron chi connectivity index (χ1n) is 4.49. The van der Waals surface area contributed by atoms with E-state index >= 15 is 0 Å². The summed E-state index contributed by atoms with van der Waals surface area (Å²) in [5, 5.41) is 40.9. The van der Waals surface area contributed by atoms with E-state index in [1.165, 1.54) is 0 Å². The SMILES string of the molecule is CCCC(N)O.O=C(O)C(O)C(O)C(=O)O. The lowest BCUT2D eigenvalue weighted by Gasteiger charge is -2.07. The molecule has 0 radical (unpaired) electrons. The predicted octanol–water partition coefficient (Wildman–Crippen LogP) is -2.06. The molecule has 0 aliphatic carbocycles. The van der Waals surface area contributed by atoms with Gasteiger partial charge in [-0.05, 0) is 6.42 Å². The summed E-state index contributed by atoms with van der Waals surface area (Å²) >= 11 is 0. The Morgan fingerprint density at radius 1 is 1.06 bits per heavy atom. The average Bonchev–Trinajstić information content (AvgIpc) is 2.15. The van der Waals surface area contributed by atoms with Crippen molar-refractivity contribution in [1.82, 2.24) is 0 Å². The zero-order chi connectivity index (χ0) is 13.3. The highest BCUT2D eigenvalue weighted by Gasteiger charge is 2.29. The summed E-state index contributed by atoms with van der Waals surface area (Å²) in [6.45, 7) is 1.98. The first kappa shape index (κ1) is 17.2. The summed E-state index contributed by atoms with van der Waals surface area (Å²) in [4.78, 5) is 19.5. The second kappa shape index (κ2) is 9.04. The molecule has 8 nitrogen and oxygen atoms in total. The molecule has 3 atom stereocenters. The summed E-state index contributed by atoms with van der Waals surface area (Å²) in [6.07, 6.45) is -3.47. The number of aliphatic hydroxyl groups excluding tert-OH is 3. The van der Waals surface area contributed by atoms with E-state index in [2.05, 4.69) is 0 Å². The quantitative estimate of drug-likeness (QED) is 0.298. The lowest BCUT2D eigenvalue weighted by atomic mass is 10.2. The van der Waals surface area contributed by atoms with Gasteiger partial charge < -0.3 is 31.3 Å². The third kappa shape index (κ3) is 9.34. The van der Waals surface area contributed by atoms with Gasteiger partial charge in [0.1, 0.15) is 6.23 Å². The fourth-order valence-electron chi connectivity index (χ4n) is 0.566. The van der Waals surface area contributed by atoms with Crippen LogP contribution in [0.1, 0.15) is 19.8 Å². The van der Waals surface area contributed by atoms with Crippen molar-refractivity contribution in [2.24, 2.45) is 5.73 Å². The summed E-state index contributed by atoms with van der Waals surface area (Å²) in [6, 6.07) is 0. The maximum atomic E-state index is 9.77. The highest BCUT2D eigenvalue weighted by atomic mass is 16.4. The molecule has 0 aliphatic heterocycles. The van der Waals surface area contributed by atoms with Crippen molar-refractivity contribution in [3.63, 3.8) is 0 Å². The molecule has 0 bridgehead atoms. The fourth-order valence-corrected chi connectivity index (χ4v) is 0.566. The molecule has 0 saturated carbocycles. The van der Waals surface area contributed by atoms with Gasteiger partial charge in [0, 0.05) is 0 Å². The normalized spacial score (nSPS) is 15.3. The number of carboxylic acid groups (broad SMARTS) is 2. The Balaban J connectivity index is 0. The van der Waals surface area contributed by atoms with Crippen LogP contribution < -0.4 is 5.73 Å². The van der Waals surface area contributed by atoms with E-state index in [4.69, 9.17) is 31.3 Å². The van der Waals surface area contributed by atoms with Crippen LogP contribution in [0.15, 0.2) is 0 Å². The summed E-state index contributed by atoms with van der Waals surface area (Å²) < 4.78 is 0. The van der Waals surface area contributed by atoms with Crippen molar-refractivity contribution < 1.29 is 35.1 Å². The van der Waals surface area contributed by atoms with E-state index < -0.39 is 30.4 Å². The van der Waals surface area contributed by atoms with E-state index in [1.54, 1.807) is 0 Å². The minimum atomic E-state index is -2.27. The van der Waals surface area contributed by atoms with Gasteiger partial charge in [0.15, 0.2) is 12.2 Å². The number of carbonyl (C=O) groups is 2. The zero-order valence-electron chi connectivity index (χ0n) is 8.78. The lowest BCUT2D eigenvalue weighted by Crippen LogP contribution is -2.39. The highest BCUT2D eigenvalue weighted by Crippen LogP contribution is 1.92. The molecule has 0 heterocycles. The molecule has 0 aromatic rings. The Morgan fingerprint density at radius 2 is 1.38 bits per heavy atom. The van der Waals surface area contributed by atoms with Crippen LogP contribution in [0.2, 0.25) is 0 Å². The third-order valence-corrected chi connectivity index (χ3v) is 1.39. The second-order valence-corrected chi connectivity index (χ2v) is 2.92. The van der Waals surface area contributed by atoms with Gasteiger partial charge in [-0.3, -0.25) is 0 Å². The summed E-state index contributed by atoms with van der Waals surface area (Å²) in [5.74, 6) is -3.54. The van der Waals surface area contributed by atoms with E-state index in [9.17, 15) is 9.59 Å². The van der Waals surface area contributed by atoms with Crippen molar-refractivity contribution in [2.45, 2.75) is 38.2 Å². The Hall–Kier alpha value is -1.22. The Labute approximate surface area is 91.9 Å². The number of carboxylic acids is 2. The largest absolute Gasteiger partial charge is 0.479 e. The van der Waals surface area contributed by atoms with Gasteiger partial charge in [-0.2, -0.15) is 0 Å². The maximum absolute atomic E-state index is 9.77. The van der Waals surface area contributed by atoms with Gasteiger partial charge >= 0.3 is 11.9 Å². The number of nitrogens with two attached hydrogens (primary N) is 1. The van der Waals surface area contributed by atoms with E-state index in [0.717, 1.165) is 6.42 Å². The smallest absolute Gasteiger partial charge is 0.335 e. The molecule has 0 rings (SSSR count). The van der Waals surface area contributed by atoms with Crippen LogP contribution in [0, 0.1) is 0 Å². The van der Waals surface area contributed by atoms with Gasteiger partial charge in [0.2, 0.25) is 0 Å². The van der Waals surface area contributed by atoms with Crippen molar-refractivity contribution >= 4 is 11.9 Å². The Bertz CT molecular complexity index is 200.